The Hall–Kier alpha value is -3.03. The van der Waals surface area contributed by atoms with E-state index in [1.807, 2.05) is 31.2 Å². The number of carbonyl (C=O) groups excluding carboxylic acids is 2. The van der Waals surface area contributed by atoms with Gasteiger partial charge >= 0.3 is 5.97 Å². The molecule has 3 aromatic rings. The van der Waals surface area contributed by atoms with E-state index in [9.17, 15) is 18.0 Å². The second kappa shape index (κ2) is 8.99. The lowest BCUT2D eigenvalue weighted by molar-refractivity contribution is -0.144. The molecular formula is C24H24O6S. The molecular weight excluding hydrogens is 416 g/mol. The lowest BCUT2D eigenvalue weighted by Gasteiger charge is -2.20. The second-order valence-corrected chi connectivity index (χ2v) is 9.38. The molecule has 0 fully saturated rings. The monoisotopic (exact) mass is 440 g/mol. The van der Waals surface area contributed by atoms with Crippen LogP contribution in [0.5, 0.6) is 5.75 Å². The first-order valence-electron chi connectivity index (χ1n) is 9.87. The molecule has 0 saturated carbocycles. The van der Waals surface area contributed by atoms with Gasteiger partial charge in [-0.2, -0.15) is 8.42 Å². The highest BCUT2D eigenvalue weighted by Crippen LogP contribution is 2.25. The van der Waals surface area contributed by atoms with Crippen molar-refractivity contribution in [2.45, 2.75) is 32.1 Å². The van der Waals surface area contributed by atoms with Crippen molar-refractivity contribution in [1.29, 1.82) is 0 Å². The maximum absolute atomic E-state index is 12.6. The number of benzene rings is 3. The number of Topliss-reactive ketones (excluding diaryl/α,β-unsaturated/α-hetero) is 1. The van der Waals surface area contributed by atoms with E-state index >= 15 is 0 Å². The Morgan fingerprint density at radius 1 is 0.903 bits per heavy atom. The largest absolute Gasteiger partial charge is 0.426 e. The average Bonchev–Trinajstić information content (AvgIpc) is 2.77. The summed E-state index contributed by atoms with van der Waals surface area (Å²) in [5.41, 5.74) is -0.246. The number of hydrogen-bond acceptors (Lipinski definition) is 6. The third-order valence-corrected chi connectivity index (χ3v) is 6.47. The Morgan fingerprint density at radius 3 is 2.23 bits per heavy atom. The topological polar surface area (TPSA) is 86.7 Å². The quantitative estimate of drug-likeness (QED) is 0.217. The van der Waals surface area contributed by atoms with E-state index in [4.69, 9.17) is 8.92 Å². The fourth-order valence-corrected chi connectivity index (χ4v) is 3.68. The molecule has 0 amide bonds. The van der Waals surface area contributed by atoms with Crippen LogP contribution in [-0.2, 0) is 19.1 Å². The lowest BCUT2D eigenvalue weighted by atomic mass is 9.91. The number of carbonyl (C=O) groups is 2. The van der Waals surface area contributed by atoms with Crippen LogP contribution in [0.3, 0.4) is 0 Å². The van der Waals surface area contributed by atoms with Crippen molar-refractivity contribution in [1.82, 2.24) is 0 Å². The van der Waals surface area contributed by atoms with Gasteiger partial charge in [0.05, 0.1) is 10.3 Å². The molecule has 0 heterocycles. The molecule has 0 aromatic heterocycles. The fraction of sp³-hybridized carbons (Fsp3) is 0.250. The van der Waals surface area contributed by atoms with Crippen LogP contribution in [0.1, 0.15) is 37.6 Å². The van der Waals surface area contributed by atoms with Gasteiger partial charge in [-0.05, 0) is 55.3 Å². The summed E-state index contributed by atoms with van der Waals surface area (Å²) in [7, 11) is -4.16. The van der Waals surface area contributed by atoms with Gasteiger partial charge in [-0.1, -0.05) is 49.4 Å². The first-order chi connectivity index (χ1) is 14.6. The first-order valence-corrected chi connectivity index (χ1v) is 11.3. The molecule has 0 bridgehead atoms. The van der Waals surface area contributed by atoms with Crippen LogP contribution in [0, 0.1) is 5.41 Å². The third-order valence-electron chi connectivity index (χ3n) is 5.19. The summed E-state index contributed by atoms with van der Waals surface area (Å²) in [4.78, 5) is 24.6. The Labute approximate surface area is 181 Å². The third kappa shape index (κ3) is 5.18. The van der Waals surface area contributed by atoms with E-state index < -0.39 is 33.9 Å². The van der Waals surface area contributed by atoms with E-state index in [0.717, 1.165) is 10.8 Å². The molecule has 0 radical (unpaired) electrons. The maximum atomic E-state index is 12.6. The Bertz CT molecular complexity index is 1210. The Morgan fingerprint density at radius 2 is 1.55 bits per heavy atom. The minimum absolute atomic E-state index is 0.132. The van der Waals surface area contributed by atoms with Crippen LogP contribution in [0.15, 0.2) is 71.6 Å². The van der Waals surface area contributed by atoms with Crippen molar-refractivity contribution in [3.8, 4) is 5.75 Å². The van der Waals surface area contributed by atoms with Gasteiger partial charge < -0.3 is 4.74 Å². The highest BCUT2D eigenvalue weighted by atomic mass is 32.2. The van der Waals surface area contributed by atoms with Gasteiger partial charge in [0.2, 0.25) is 0 Å². The van der Waals surface area contributed by atoms with E-state index in [1.54, 1.807) is 32.0 Å². The zero-order valence-electron chi connectivity index (χ0n) is 17.6. The smallest absolute Gasteiger partial charge is 0.316 e. The molecule has 7 heteroatoms. The second-order valence-electron chi connectivity index (χ2n) is 7.76. The van der Waals surface area contributed by atoms with E-state index in [0.29, 0.717) is 12.0 Å². The van der Waals surface area contributed by atoms with Crippen LogP contribution in [-0.4, -0.2) is 26.8 Å². The zero-order valence-corrected chi connectivity index (χ0v) is 18.4. The Kier molecular flexibility index (Phi) is 6.57. The zero-order chi connectivity index (χ0) is 22.6. The summed E-state index contributed by atoms with van der Waals surface area (Å²) in [5, 5.41) is 1.62. The molecule has 0 atom stereocenters. The highest BCUT2D eigenvalue weighted by molar-refractivity contribution is 7.86. The van der Waals surface area contributed by atoms with Gasteiger partial charge in [-0.15, -0.1) is 0 Å². The van der Waals surface area contributed by atoms with Crippen LogP contribution in [0.25, 0.3) is 10.8 Å². The molecule has 0 aliphatic rings. The van der Waals surface area contributed by atoms with E-state index in [1.165, 1.54) is 24.3 Å². The van der Waals surface area contributed by atoms with Crippen LogP contribution in [0.2, 0.25) is 0 Å². The van der Waals surface area contributed by atoms with Gasteiger partial charge in [0, 0.05) is 5.56 Å². The van der Waals surface area contributed by atoms with E-state index in [-0.39, 0.29) is 10.6 Å². The molecule has 3 aromatic carbocycles. The molecule has 31 heavy (non-hydrogen) atoms. The minimum atomic E-state index is -4.16. The molecule has 162 valence electrons. The number of esters is 1. The van der Waals surface area contributed by atoms with Crippen molar-refractivity contribution in [2.75, 3.05) is 6.61 Å². The molecule has 3 rings (SSSR count). The maximum Gasteiger partial charge on any atom is 0.316 e. The van der Waals surface area contributed by atoms with Gasteiger partial charge in [-0.25, -0.2) is 0 Å². The highest BCUT2D eigenvalue weighted by Gasteiger charge is 2.28. The Balaban J connectivity index is 1.69. The van der Waals surface area contributed by atoms with Gasteiger partial charge in [0.1, 0.15) is 12.4 Å². The summed E-state index contributed by atoms with van der Waals surface area (Å²) in [6, 6.07) is 17.9. The number of fused-ring (bicyclic) bond motifs is 1. The molecule has 0 N–H and O–H groups in total. The summed E-state index contributed by atoms with van der Waals surface area (Å²) in [6.07, 6.45) is 0.608. The van der Waals surface area contributed by atoms with Gasteiger partial charge in [0.15, 0.2) is 5.78 Å². The van der Waals surface area contributed by atoms with Gasteiger partial charge in [-0.3, -0.25) is 13.8 Å². The predicted molar refractivity (Wildman–Crippen MR) is 118 cm³/mol. The normalized spacial score (nSPS) is 12.0. The molecule has 0 saturated heterocycles. The predicted octanol–water partition coefficient (Wildman–Crippen LogP) is 4.77. The van der Waals surface area contributed by atoms with Gasteiger partial charge in [0.25, 0.3) is 10.1 Å². The van der Waals surface area contributed by atoms with Crippen molar-refractivity contribution in [2.24, 2.45) is 5.41 Å². The molecule has 0 aliphatic carbocycles. The average molecular weight is 441 g/mol. The van der Waals surface area contributed by atoms with Crippen LogP contribution in [0.4, 0.5) is 0 Å². The van der Waals surface area contributed by atoms with Crippen molar-refractivity contribution in [3.63, 3.8) is 0 Å². The minimum Gasteiger partial charge on any atom is -0.426 e. The van der Waals surface area contributed by atoms with Crippen LogP contribution >= 0.6 is 0 Å². The van der Waals surface area contributed by atoms with Crippen LogP contribution < -0.4 is 4.74 Å². The number of rotatable bonds is 8. The molecule has 0 unspecified atom stereocenters. The molecule has 6 nitrogen and oxygen atoms in total. The first kappa shape index (κ1) is 22.7. The summed E-state index contributed by atoms with van der Waals surface area (Å²) >= 11 is 0. The van der Waals surface area contributed by atoms with Crippen molar-refractivity contribution >= 4 is 32.6 Å². The standard InChI is InChI=1S/C24H24O6S/c1-4-24(2,3)23(26)30-18-12-14-19(15-13-18)31(27,28)29-16-22(25)21-11-7-9-17-8-5-6-10-20(17)21/h5-15H,4,16H2,1-3H3. The SMILES string of the molecule is CCC(C)(C)C(=O)Oc1ccc(S(=O)(=O)OCC(=O)c2cccc3ccccc23)cc1. The van der Waals surface area contributed by atoms with E-state index in [2.05, 4.69) is 0 Å². The molecule has 0 aliphatic heterocycles. The number of hydrogen-bond donors (Lipinski definition) is 0. The van der Waals surface area contributed by atoms with Crippen molar-refractivity contribution < 1.29 is 26.9 Å². The number of ketones is 1. The summed E-state index contributed by atoms with van der Waals surface area (Å²) in [6.45, 7) is 4.81. The molecule has 0 spiro atoms. The summed E-state index contributed by atoms with van der Waals surface area (Å²) < 4.78 is 35.3. The summed E-state index contributed by atoms with van der Waals surface area (Å²) in [5.74, 6) is -0.604. The number of ether oxygens (including phenoxy) is 1. The lowest BCUT2D eigenvalue weighted by Crippen LogP contribution is -2.28. The van der Waals surface area contributed by atoms with Crippen molar-refractivity contribution in [3.05, 3.63) is 72.3 Å². The fourth-order valence-electron chi connectivity index (χ4n) is 2.81.